The van der Waals surface area contributed by atoms with Crippen molar-refractivity contribution in [3.05, 3.63) is 52.7 Å². The number of ether oxygens (including phenoxy) is 1. The number of nitriles is 1. The lowest BCUT2D eigenvalue weighted by Crippen LogP contribution is -2.55. The normalized spacial score (nSPS) is 21.3. The summed E-state index contributed by atoms with van der Waals surface area (Å²) in [5.41, 5.74) is 5.47. The molecular formula is C31H38F3N7O2. The highest BCUT2D eigenvalue weighted by molar-refractivity contribution is 5.88. The van der Waals surface area contributed by atoms with Gasteiger partial charge in [-0.25, -0.2) is 0 Å². The minimum atomic E-state index is -4.59. The molecule has 0 radical (unpaired) electrons. The average molecular weight is 598 g/mol. The minimum absolute atomic E-state index is 0.00679. The van der Waals surface area contributed by atoms with Gasteiger partial charge in [-0.3, -0.25) is 4.79 Å². The number of halogens is 3. The largest absolute Gasteiger partial charge is 0.462 e. The van der Waals surface area contributed by atoms with E-state index in [4.69, 9.17) is 14.7 Å². The van der Waals surface area contributed by atoms with Crippen LogP contribution in [0.5, 0.6) is 6.01 Å². The van der Waals surface area contributed by atoms with Crippen molar-refractivity contribution in [1.82, 2.24) is 19.8 Å². The van der Waals surface area contributed by atoms with Crippen LogP contribution in [-0.2, 0) is 17.8 Å². The number of carbonyl (C=O) groups excluding carboxylic acids is 1. The lowest BCUT2D eigenvalue weighted by Gasteiger charge is -2.42. The van der Waals surface area contributed by atoms with Crippen LogP contribution in [0.25, 0.3) is 0 Å². The molecule has 12 heteroatoms. The number of rotatable bonds is 7. The summed E-state index contributed by atoms with van der Waals surface area (Å²) in [6.45, 7) is 7.87. The Morgan fingerprint density at radius 3 is 2.67 bits per heavy atom. The van der Waals surface area contributed by atoms with Crippen LogP contribution >= 0.6 is 0 Å². The van der Waals surface area contributed by atoms with Crippen LogP contribution in [0, 0.1) is 25.2 Å². The highest BCUT2D eigenvalue weighted by Crippen LogP contribution is 2.34. The van der Waals surface area contributed by atoms with Gasteiger partial charge in [0.1, 0.15) is 12.4 Å². The molecule has 1 aromatic heterocycles. The standard InChI is InChI=1S/C31H38F3N7O2/c1-21-6-4-8-27(22(21)2)39-15-11-25-26(19-39)36-30(43-20-24-7-5-14-38(24)3)37-29(25)40-16-17-41(23(18-40)10-13-35)28(42)9-12-31(32,33)34/h4,6,8-9,12,23-24H,5,7,10-11,14-20H2,1-3H3/b12-9+. The summed E-state index contributed by atoms with van der Waals surface area (Å²) < 4.78 is 44.4. The highest BCUT2D eigenvalue weighted by Gasteiger charge is 2.34. The molecule has 2 fully saturated rings. The Labute approximate surface area is 250 Å². The Balaban J connectivity index is 1.43. The van der Waals surface area contributed by atoms with Gasteiger partial charge >= 0.3 is 12.2 Å². The number of carbonyl (C=O) groups is 1. The Bertz CT molecular complexity index is 1410. The van der Waals surface area contributed by atoms with Crippen LogP contribution in [0.3, 0.4) is 0 Å². The van der Waals surface area contributed by atoms with Crippen molar-refractivity contribution in [2.24, 2.45) is 0 Å². The van der Waals surface area contributed by atoms with Crippen LogP contribution in [0.2, 0.25) is 0 Å². The second-order valence-electron chi connectivity index (χ2n) is 11.6. The zero-order valence-electron chi connectivity index (χ0n) is 24.9. The number of anilines is 2. The quantitative estimate of drug-likeness (QED) is 0.440. The van der Waals surface area contributed by atoms with Gasteiger partial charge in [-0.15, -0.1) is 0 Å². The predicted molar refractivity (Wildman–Crippen MR) is 157 cm³/mol. The summed E-state index contributed by atoms with van der Waals surface area (Å²) in [6.07, 6.45) is -1.25. The zero-order chi connectivity index (χ0) is 30.7. The molecule has 2 atom stereocenters. The summed E-state index contributed by atoms with van der Waals surface area (Å²) in [7, 11) is 2.09. The van der Waals surface area contributed by atoms with Gasteiger partial charge in [-0.05, 0) is 63.9 Å². The fourth-order valence-corrected chi connectivity index (χ4v) is 6.24. The molecule has 2 saturated heterocycles. The second kappa shape index (κ2) is 12.8. The number of likely N-dealkylation sites (tertiary alicyclic amines) is 1. The molecule has 2 aromatic rings. The topological polar surface area (TPSA) is 88.8 Å². The fourth-order valence-electron chi connectivity index (χ4n) is 6.24. The number of fused-ring (bicyclic) bond motifs is 1. The fraction of sp³-hybridized carbons (Fsp3) is 0.548. The number of piperazine rings is 1. The van der Waals surface area contributed by atoms with Crippen LogP contribution < -0.4 is 14.5 Å². The molecule has 1 aromatic carbocycles. The van der Waals surface area contributed by atoms with Crippen molar-refractivity contribution in [3.63, 3.8) is 0 Å². The average Bonchev–Trinajstić information content (AvgIpc) is 3.39. The molecule has 2 unspecified atom stereocenters. The molecule has 0 spiro atoms. The van der Waals surface area contributed by atoms with Gasteiger partial charge in [0.2, 0.25) is 5.91 Å². The SMILES string of the molecule is Cc1cccc(N2CCc3c(nc(OCC4CCCN4C)nc3N3CCN(C(=O)/C=C/C(F)(F)F)C(CC#N)C3)C2)c1C. The van der Waals surface area contributed by atoms with E-state index in [2.05, 4.69) is 55.0 Å². The smallest absolute Gasteiger partial charge is 0.409 e. The number of amides is 1. The maximum absolute atomic E-state index is 12.7. The Morgan fingerprint density at radius 2 is 1.95 bits per heavy atom. The zero-order valence-corrected chi connectivity index (χ0v) is 24.9. The van der Waals surface area contributed by atoms with Crippen molar-refractivity contribution in [2.45, 2.75) is 64.3 Å². The van der Waals surface area contributed by atoms with Crippen molar-refractivity contribution in [3.8, 4) is 12.1 Å². The van der Waals surface area contributed by atoms with Crippen LogP contribution in [-0.4, -0.2) is 90.3 Å². The molecule has 4 heterocycles. The van der Waals surface area contributed by atoms with E-state index in [1.807, 2.05) is 4.90 Å². The first kappa shape index (κ1) is 30.6. The molecular weight excluding hydrogens is 559 g/mol. The van der Waals surface area contributed by atoms with Crippen molar-refractivity contribution in [2.75, 3.05) is 56.2 Å². The number of allylic oxidation sites excluding steroid dienone is 1. The summed E-state index contributed by atoms with van der Waals surface area (Å²) in [4.78, 5) is 30.4. The van der Waals surface area contributed by atoms with Crippen LogP contribution in [0.4, 0.5) is 24.7 Å². The first-order chi connectivity index (χ1) is 20.5. The highest BCUT2D eigenvalue weighted by atomic mass is 19.4. The van der Waals surface area contributed by atoms with Crippen molar-refractivity contribution >= 4 is 17.4 Å². The van der Waals surface area contributed by atoms with E-state index in [9.17, 15) is 23.2 Å². The Morgan fingerprint density at radius 1 is 1.14 bits per heavy atom. The molecule has 9 nitrogen and oxygen atoms in total. The van der Waals surface area contributed by atoms with Gasteiger partial charge in [0, 0.05) is 55.6 Å². The third-order valence-electron chi connectivity index (χ3n) is 8.82. The van der Waals surface area contributed by atoms with Crippen LogP contribution in [0.15, 0.2) is 30.4 Å². The number of hydrogen-bond donors (Lipinski definition) is 0. The monoisotopic (exact) mass is 597 g/mol. The minimum Gasteiger partial charge on any atom is -0.462 e. The molecule has 1 amide bonds. The van der Waals surface area contributed by atoms with E-state index in [1.54, 1.807) is 0 Å². The molecule has 3 aliphatic rings. The molecule has 0 bridgehead atoms. The van der Waals surface area contributed by atoms with E-state index >= 15 is 0 Å². The molecule has 5 rings (SSSR count). The summed E-state index contributed by atoms with van der Waals surface area (Å²) in [5, 5.41) is 9.49. The number of likely N-dealkylation sites (N-methyl/N-ethyl adjacent to an activating group) is 1. The van der Waals surface area contributed by atoms with Crippen molar-refractivity contribution in [1.29, 1.82) is 5.26 Å². The van der Waals surface area contributed by atoms with Gasteiger partial charge in [-0.2, -0.15) is 28.4 Å². The summed E-state index contributed by atoms with van der Waals surface area (Å²) in [5.74, 6) is -0.0444. The lowest BCUT2D eigenvalue weighted by atomic mass is 10.0. The molecule has 0 aliphatic carbocycles. The third kappa shape index (κ3) is 7.04. The maximum atomic E-state index is 12.7. The Kier molecular flexibility index (Phi) is 9.11. The summed E-state index contributed by atoms with van der Waals surface area (Å²) >= 11 is 0. The van der Waals surface area contributed by atoms with Crippen LogP contribution in [0.1, 0.15) is 41.6 Å². The number of benzene rings is 1. The maximum Gasteiger partial charge on any atom is 0.409 e. The van der Waals surface area contributed by atoms with E-state index in [-0.39, 0.29) is 31.6 Å². The van der Waals surface area contributed by atoms with Gasteiger partial charge in [-0.1, -0.05) is 12.1 Å². The van der Waals surface area contributed by atoms with Gasteiger partial charge in [0.15, 0.2) is 0 Å². The second-order valence-corrected chi connectivity index (χ2v) is 11.6. The Hall–Kier alpha value is -3.85. The number of aryl methyl sites for hydroxylation is 1. The van der Waals surface area contributed by atoms with E-state index in [0.717, 1.165) is 42.9 Å². The van der Waals surface area contributed by atoms with E-state index in [0.29, 0.717) is 44.0 Å². The molecule has 230 valence electrons. The summed E-state index contributed by atoms with van der Waals surface area (Å²) in [6, 6.07) is 8.38. The lowest BCUT2D eigenvalue weighted by molar-refractivity contribution is -0.129. The number of alkyl halides is 3. The first-order valence-electron chi connectivity index (χ1n) is 14.8. The molecule has 0 N–H and O–H groups in total. The first-order valence-corrected chi connectivity index (χ1v) is 14.8. The van der Waals surface area contributed by atoms with E-state index < -0.39 is 18.1 Å². The van der Waals surface area contributed by atoms with Crippen molar-refractivity contribution < 1.29 is 22.7 Å². The molecule has 0 saturated carbocycles. The van der Waals surface area contributed by atoms with Gasteiger partial charge in [0.25, 0.3) is 0 Å². The van der Waals surface area contributed by atoms with Gasteiger partial charge < -0.3 is 24.3 Å². The third-order valence-corrected chi connectivity index (χ3v) is 8.82. The van der Waals surface area contributed by atoms with E-state index in [1.165, 1.54) is 16.0 Å². The molecule has 3 aliphatic heterocycles. The van der Waals surface area contributed by atoms with Gasteiger partial charge in [0.05, 0.1) is 30.8 Å². The number of hydrogen-bond acceptors (Lipinski definition) is 8. The number of nitrogens with zero attached hydrogens (tertiary/aromatic N) is 7. The molecule has 43 heavy (non-hydrogen) atoms. The predicted octanol–water partition coefficient (Wildman–Crippen LogP) is 4.18. The number of aromatic nitrogens is 2.